The number of nitro groups is 1. The number of hydrogen-bond donors (Lipinski definition) is 1. The number of rotatable bonds is 7. The van der Waals surface area contributed by atoms with Gasteiger partial charge in [-0.05, 0) is 24.8 Å². The Labute approximate surface area is 126 Å². The standard InChI is InChI=1S/C11H16N2O6S2/c1-4-20-11-9(21(12,16)17)6-5-8(10(11)13(14)15)19-7(2)18-3/h5-7H,4H2,1-3H3,(H2,12,16,17). The number of ether oxygens (including phenoxy) is 2. The van der Waals surface area contributed by atoms with Crippen LogP contribution in [-0.4, -0.2) is 32.5 Å². The number of thioether (sulfide) groups is 1. The molecule has 0 radical (unpaired) electrons. The number of methoxy groups -OCH3 is 1. The van der Waals surface area contributed by atoms with Gasteiger partial charge in [-0.1, -0.05) is 6.92 Å². The van der Waals surface area contributed by atoms with Gasteiger partial charge in [0.25, 0.3) is 0 Å². The van der Waals surface area contributed by atoms with E-state index >= 15 is 0 Å². The number of nitrogens with zero attached hydrogens (tertiary/aromatic N) is 1. The van der Waals surface area contributed by atoms with E-state index in [-0.39, 0.29) is 15.5 Å². The Morgan fingerprint density at radius 1 is 1.48 bits per heavy atom. The van der Waals surface area contributed by atoms with Crippen molar-refractivity contribution in [3.63, 3.8) is 0 Å². The van der Waals surface area contributed by atoms with E-state index < -0.39 is 26.9 Å². The molecule has 0 aromatic heterocycles. The van der Waals surface area contributed by atoms with E-state index in [2.05, 4.69) is 0 Å². The van der Waals surface area contributed by atoms with E-state index in [9.17, 15) is 18.5 Å². The molecule has 0 amide bonds. The smallest absolute Gasteiger partial charge is 0.325 e. The largest absolute Gasteiger partial charge is 0.458 e. The first-order valence-electron chi connectivity index (χ1n) is 5.88. The minimum absolute atomic E-state index is 0.0363. The molecular formula is C11H16N2O6S2. The fourth-order valence-electron chi connectivity index (χ4n) is 1.54. The Morgan fingerprint density at radius 3 is 2.52 bits per heavy atom. The molecule has 1 atom stereocenters. The summed E-state index contributed by atoms with van der Waals surface area (Å²) in [4.78, 5) is 10.3. The molecule has 0 aliphatic heterocycles. The van der Waals surface area contributed by atoms with Gasteiger partial charge in [0.2, 0.25) is 15.8 Å². The Hall–Kier alpha value is -1.36. The van der Waals surface area contributed by atoms with Crippen LogP contribution in [0.25, 0.3) is 0 Å². The predicted octanol–water partition coefficient (Wildman–Crippen LogP) is 1.73. The first kappa shape index (κ1) is 17.7. The molecule has 1 aromatic rings. The highest BCUT2D eigenvalue weighted by Gasteiger charge is 2.29. The third-order valence-corrected chi connectivity index (χ3v) is 4.53. The van der Waals surface area contributed by atoms with Crippen LogP contribution in [0, 0.1) is 10.1 Å². The summed E-state index contributed by atoms with van der Waals surface area (Å²) < 4.78 is 33.3. The number of nitro benzene ring substituents is 1. The van der Waals surface area contributed by atoms with Gasteiger partial charge < -0.3 is 9.47 Å². The first-order valence-corrected chi connectivity index (χ1v) is 8.42. The molecule has 0 aliphatic rings. The maximum absolute atomic E-state index is 11.6. The van der Waals surface area contributed by atoms with Crippen molar-refractivity contribution in [2.45, 2.75) is 29.9 Å². The molecule has 0 saturated carbocycles. The van der Waals surface area contributed by atoms with E-state index in [1.807, 2.05) is 0 Å². The fourth-order valence-corrected chi connectivity index (χ4v) is 3.49. The molecule has 0 bridgehead atoms. The highest BCUT2D eigenvalue weighted by molar-refractivity contribution is 8.00. The first-order chi connectivity index (χ1) is 9.72. The SMILES string of the molecule is CCSc1c(S(N)(=O)=O)ccc(OC(C)OC)c1[N+](=O)[O-]. The molecule has 118 valence electrons. The van der Waals surface area contributed by atoms with Crippen molar-refractivity contribution in [1.29, 1.82) is 0 Å². The zero-order chi connectivity index (χ0) is 16.2. The molecule has 0 fully saturated rings. The minimum atomic E-state index is -4.07. The Morgan fingerprint density at radius 2 is 2.10 bits per heavy atom. The molecule has 1 unspecified atom stereocenters. The number of sulfonamides is 1. The number of primary sulfonamides is 1. The highest BCUT2D eigenvalue weighted by atomic mass is 32.2. The Bertz CT molecular complexity index is 632. The van der Waals surface area contributed by atoms with Crippen LogP contribution in [0.15, 0.2) is 21.9 Å². The third kappa shape index (κ3) is 4.30. The third-order valence-electron chi connectivity index (χ3n) is 2.46. The van der Waals surface area contributed by atoms with E-state index in [0.717, 1.165) is 11.8 Å². The van der Waals surface area contributed by atoms with E-state index in [1.165, 1.54) is 19.2 Å². The number of nitrogens with two attached hydrogens (primary N) is 1. The highest BCUT2D eigenvalue weighted by Crippen LogP contribution is 2.41. The van der Waals surface area contributed by atoms with Crippen molar-refractivity contribution in [2.24, 2.45) is 5.14 Å². The van der Waals surface area contributed by atoms with Crippen LogP contribution in [0.1, 0.15) is 13.8 Å². The fraction of sp³-hybridized carbons (Fsp3) is 0.455. The molecule has 0 heterocycles. The van der Waals surface area contributed by atoms with Crippen molar-refractivity contribution in [3.8, 4) is 5.75 Å². The van der Waals surface area contributed by atoms with Crippen molar-refractivity contribution >= 4 is 27.5 Å². The molecular weight excluding hydrogens is 320 g/mol. The van der Waals surface area contributed by atoms with Crippen LogP contribution in [0.3, 0.4) is 0 Å². The van der Waals surface area contributed by atoms with Gasteiger partial charge >= 0.3 is 5.69 Å². The monoisotopic (exact) mass is 336 g/mol. The second kappa shape index (κ2) is 7.07. The lowest BCUT2D eigenvalue weighted by Gasteiger charge is -2.15. The lowest BCUT2D eigenvalue weighted by Crippen LogP contribution is -2.17. The minimum Gasteiger partial charge on any atom is -0.458 e. The summed E-state index contributed by atoms with van der Waals surface area (Å²) in [5.74, 6) is 0.366. The zero-order valence-corrected chi connectivity index (χ0v) is 13.4. The van der Waals surface area contributed by atoms with E-state index in [4.69, 9.17) is 14.6 Å². The Kier molecular flexibility index (Phi) is 5.96. The average Bonchev–Trinajstić information content (AvgIpc) is 2.37. The summed E-state index contributed by atoms with van der Waals surface area (Å²) in [5.41, 5.74) is -0.433. The normalized spacial score (nSPS) is 13.0. The van der Waals surface area contributed by atoms with Gasteiger partial charge in [0.05, 0.1) is 4.92 Å². The van der Waals surface area contributed by atoms with Crippen LogP contribution >= 0.6 is 11.8 Å². The van der Waals surface area contributed by atoms with Crippen LogP contribution in [0.5, 0.6) is 5.75 Å². The summed E-state index contributed by atoms with van der Waals surface area (Å²) in [6.45, 7) is 3.30. The van der Waals surface area contributed by atoms with Crippen LogP contribution in [0.2, 0.25) is 0 Å². The van der Waals surface area contributed by atoms with Gasteiger partial charge in [-0.2, -0.15) is 0 Å². The van der Waals surface area contributed by atoms with E-state index in [0.29, 0.717) is 5.75 Å². The topological polar surface area (TPSA) is 122 Å². The lowest BCUT2D eigenvalue weighted by atomic mass is 10.3. The van der Waals surface area contributed by atoms with Gasteiger partial charge in [0.1, 0.15) is 9.79 Å². The zero-order valence-electron chi connectivity index (χ0n) is 11.7. The predicted molar refractivity (Wildman–Crippen MR) is 78.0 cm³/mol. The van der Waals surface area contributed by atoms with Gasteiger partial charge in [-0.15, -0.1) is 11.8 Å². The molecule has 0 saturated heterocycles. The average molecular weight is 336 g/mol. The molecule has 21 heavy (non-hydrogen) atoms. The molecule has 8 nitrogen and oxygen atoms in total. The number of hydrogen-bond acceptors (Lipinski definition) is 7. The van der Waals surface area contributed by atoms with Crippen LogP contribution in [0.4, 0.5) is 5.69 Å². The van der Waals surface area contributed by atoms with Gasteiger partial charge in [-0.3, -0.25) is 10.1 Å². The lowest BCUT2D eigenvalue weighted by molar-refractivity contribution is -0.389. The Balaban J connectivity index is 3.56. The van der Waals surface area contributed by atoms with Crippen molar-refractivity contribution in [2.75, 3.05) is 12.9 Å². The van der Waals surface area contributed by atoms with E-state index in [1.54, 1.807) is 13.8 Å². The molecule has 2 N–H and O–H groups in total. The second-order valence-corrected chi connectivity index (χ2v) is 6.70. The molecule has 1 aromatic carbocycles. The van der Waals surface area contributed by atoms with Gasteiger partial charge in [0.15, 0.2) is 6.29 Å². The maximum Gasteiger partial charge on any atom is 0.325 e. The molecule has 0 aliphatic carbocycles. The summed E-state index contributed by atoms with van der Waals surface area (Å²) in [6.07, 6.45) is -0.719. The summed E-state index contributed by atoms with van der Waals surface area (Å²) in [7, 11) is -2.69. The summed E-state index contributed by atoms with van der Waals surface area (Å²) in [6, 6.07) is 2.39. The van der Waals surface area contributed by atoms with Crippen LogP contribution in [-0.2, 0) is 14.8 Å². The molecule has 0 spiro atoms. The molecule has 1 rings (SSSR count). The van der Waals surface area contributed by atoms with Gasteiger partial charge in [0, 0.05) is 7.11 Å². The van der Waals surface area contributed by atoms with Crippen LogP contribution < -0.4 is 9.88 Å². The van der Waals surface area contributed by atoms with Gasteiger partial charge in [-0.25, -0.2) is 13.6 Å². The maximum atomic E-state index is 11.6. The second-order valence-electron chi connectivity index (χ2n) is 3.90. The number of benzene rings is 1. The summed E-state index contributed by atoms with van der Waals surface area (Å²) in [5, 5.41) is 16.4. The summed E-state index contributed by atoms with van der Waals surface area (Å²) >= 11 is 1.01. The quantitative estimate of drug-likeness (QED) is 0.348. The van der Waals surface area contributed by atoms with Crippen molar-refractivity contribution < 1.29 is 22.8 Å². The van der Waals surface area contributed by atoms with Crippen molar-refractivity contribution in [1.82, 2.24) is 0 Å². The van der Waals surface area contributed by atoms with Crippen molar-refractivity contribution in [3.05, 3.63) is 22.2 Å². The molecule has 10 heteroatoms.